The highest BCUT2D eigenvalue weighted by Gasteiger charge is 2.33. The van der Waals surface area contributed by atoms with Gasteiger partial charge in [0.2, 0.25) is 0 Å². The molecule has 1 saturated heterocycles. The number of methoxy groups -OCH3 is 1. The second-order valence-corrected chi connectivity index (χ2v) is 5.72. The van der Waals surface area contributed by atoms with Crippen molar-refractivity contribution in [2.24, 2.45) is 5.73 Å². The van der Waals surface area contributed by atoms with Crippen molar-refractivity contribution in [2.75, 3.05) is 26.7 Å². The molecule has 110 valence electrons. The van der Waals surface area contributed by atoms with E-state index in [9.17, 15) is 4.79 Å². The van der Waals surface area contributed by atoms with Gasteiger partial charge in [-0.1, -0.05) is 12.1 Å². The lowest BCUT2D eigenvalue weighted by molar-refractivity contribution is -0.0440. The summed E-state index contributed by atoms with van der Waals surface area (Å²) in [5.41, 5.74) is 7.23. The van der Waals surface area contributed by atoms with E-state index in [1.54, 1.807) is 7.11 Å². The standard InChI is InChI=1S/C16H24N2O2/c1-16(20-2)9-3-11-18(12-16)15(19)14-6-4-13(5-7-14)8-10-17/h4-7H,3,8-12,17H2,1-2H3. The van der Waals surface area contributed by atoms with E-state index in [2.05, 4.69) is 6.92 Å². The van der Waals surface area contributed by atoms with Crippen molar-refractivity contribution in [3.8, 4) is 0 Å². The molecular formula is C16H24N2O2. The summed E-state index contributed by atoms with van der Waals surface area (Å²) in [4.78, 5) is 14.4. The summed E-state index contributed by atoms with van der Waals surface area (Å²) in [7, 11) is 1.72. The molecule has 1 aromatic rings. The molecule has 20 heavy (non-hydrogen) atoms. The topological polar surface area (TPSA) is 55.6 Å². The fourth-order valence-electron chi connectivity index (χ4n) is 2.71. The molecule has 1 aromatic carbocycles. The van der Waals surface area contributed by atoms with Gasteiger partial charge < -0.3 is 15.4 Å². The first-order valence-corrected chi connectivity index (χ1v) is 7.21. The Balaban J connectivity index is 2.06. The number of nitrogens with zero attached hydrogens (tertiary/aromatic N) is 1. The van der Waals surface area contributed by atoms with Crippen LogP contribution in [0.25, 0.3) is 0 Å². The fraction of sp³-hybridized carbons (Fsp3) is 0.562. The molecule has 0 aliphatic carbocycles. The van der Waals surface area contributed by atoms with Gasteiger partial charge in [0.25, 0.3) is 5.91 Å². The quantitative estimate of drug-likeness (QED) is 0.913. The number of carbonyl (C=O) groups is 1. The summed E-state index contributed by atoms with van der Waals surface area (Å²) in [5.74, 6) is 0.0901. The predicted octanol–water partition coefficient (Wildman–Crippen LogP) is 1.83. The average molecular weight is 276 g/mol. The summed E-state index contributed by atoms with van der Waals surface area (Å²) < 4.78 is 5.54. The van der Waals surface area contributed by atoms with Crippen molar-refractivity contribution in [3.63, 3.8) is 0 Å². The van der Waals surface area contributed by atoms with Crippen LogP contribution >= 0.6 is 0 Å². The van der Waals surface area contributed by atoms with Crippen LogP contribution in [0.3, 0.4) is 0 Å². The zero-order chi connectivity index (χ0) is 14.6. The molecule has 1 heterocycles. The average Bonchev–Trinajstić information content (AvgIpc) is 2.48. The number of rotatable bonds is 4. The third kappa shape index (κ3) is 3.38. The van der Waals surface area contributed by atoms with Gasteiger partial charge in [0.05, 0.1) is 5.60 Å². The minimum atomic E-state index is -0.215. The number of carbonyl (C=O) groups excluding carboxylic acids is 1. The molecule has 1 unspecified atom stereocenters. The van der Waals surface area contributed by atoms with Crippen molar-refractivity contribution in [1.29, 1.82) is 0 Å². The Morgan fingerprint density at radius 1 is 1.40 bits per heavy atom. The van der Waals surface area contributed by atoms with Gasteiger partial charge >= 0.3 is 0 Å². The van der Waals surface area contributed by atoms with E-state index in [1.165, 1.54) is 5.56 Å². The third-order valence-electron chi connectivity index (χ3n) is 4.07. The molecule has 1 fully saturated rings. The highest BCUT2D eigenvalue weighted by Crippen LogP contribution is 2.25. The maximum Gasteiger partial charge on any atom is 0.253 e. The van der Waals surface area contributed by atoms with Gasteiger partial charge in [-0.3, -0.25) is 4.79 Å². The van der Waals surface area contributed by atoms with E-state index in [4.69, 9.17) is 10.5 Å². The van der Waals surface area contributed by atoms with Gasteiger partial charge in [-0.05, 0) is 50.4 Å². The van der Waals surface area contributed by atoms with Crippen molar-refractivity contribution in [3.05, 3.63) is 35.4 Å². The van der Waals surface area contributed by atoms with Crippen LogP contribution < -0.4 is 5.73 Å². The van der Waals surface area contributed by atoms with E-state index >= 15 is 0 Å². The van der Waals surface area contributed by atoms with Crippen LogP contribution in [0, 0.1) is 0 Å². The zero-order valence-electron chi connectivity index (χ0n) is 12.4. The molecule has 0 radical (unpaired) electrons. The lowest BCUT2D eigenvalue weighted by atomic mass is 9.94. The van der Waals surface area contributed by atoms with Crippen LogP contribution in [0.2, 0.25) is 0 Å². The van der Waals surface area contributed by atoms with E-state index in [-0.39, 0.29) is 11.5 Å². The van der Waals surface area contributed by atoms with Crippen molar-refractivity contribution in [2.45, 2.75) is 31.8 Å². The third-order valence-corrected chi connectivity index (χ3v) is 4.07. The molecule has 4 heteroatoms. The van der Waals surface area contributed by atoms with Crippen molar-refractivity contribution < 1.29 is 9.53 Å². The summed E-state index contributed by atoms with van der Waals surface area (Å²) >= 11 is 0. The highest BCUT2D eigenvalue weighted by molar-refractivity contribution is 5.94. The molecule has 0 saturated carbocycles. The predicted molar refractivity (Wildman–Crippen MR) is 79.8 cm³/mol. The van der Waals surface area contributed by atoms with Crippen molar-refractivity contribution >= 4 is 5.91 Å². The molecule has 1 amide bonds. The van der Waals surface area contributed by atoms with Gasteiger partial charge in [-0.25, -0.2) is 0 Å². The van der Waals surface area contributed by atoms with Crippen LogP contribution in [-0.2, 0) is 11.2 Å². The lowest BCUT2D eigenvalue weighted by Gasteiger charge is -2.39. The summed E-state index contributed by atoms with van der Waals surface area (Å²) in [5, 5.41) is 0. The number of likely N-dealkylation sites (tertiary alicyclic amines) is 1. The normalized spacial score (nSPS) is 22.9. The Morgan fingerprint density at radius 3 is 2.70 bits per heavy atom. The van der Waals surface area contributed by atoms with E-state index < -0.39 is 0 Å². The Morgan fingerprint density at radius 2 is 2.10 bits per heavy atom. The summed E-state index contributed by atoms with van der Waals surface area (Å²) in [6.45, 7) is 4.16. The molecule has 1 aliphatic heterocycles. The molecule has 1 atom stereocenters. The Bertz CT molecular complexity index is 458. The van der Waals surface area contributed by atoms with Crippen LogP contribution in [0.1, 0.15) is 35.7 Å². The second kappa shape index (κ2) is 6.37. The van der Waals surface area contributed by atoms with Crippen LogP contribution in [0.4, 0.5) is 0 Å². The lowest BCUT2D eigenvalue weighted by Crippen LogP contribution is -2.49. The number of benzene rings is 1. The number of piperidine rings is 1. The first-order valence-electron chi connectivity index (χ1n) is 7.21. The molecule has 2 N–H and O–H groups in total. The molecule has 2 rings (SSSR count). The number of nitrogens with two attached hydrogens (primary N) is 1. The van der Waals surface area contributed by atoms with E-state index in [0.717, 1.165) is 31.4 Å². The number of amides is 1. The van der Waals surface area contributed by atoms with E-state index in [1.807, 2.05) is 29.2 Å². The van der Waals surface area contributed by atoms with Crippen molar-refractivity contribution in [1.82, 2.24) is 4.90 Å². The maximum atomic E-state index is 12.5. The van der Waals surface area contributed by atoms with Crippen LogP contribution in [-0.4, -0.2) is 43.2 Å². The van der Waals surface area contributed by atoms with Gasteiger partial charge in [0.15, 0.2) is 0 Å². The summed E-state index contributed by atoms with van der Waals surface area (Å²) in [6, 6.07) is 7.76. The maximum absolute atomic E-state index is 12.5. The Kier molecular flexibility index (Phi) is 4.78. The Hall–Kier alpha value is -1.39. The number of hydrogen-bond donors (Lipinski definition) is 1. The fourth-order valence-corrected chi connectivity index (χ4v) is 2.71. The van der Waals surface area contributed by atoms with Crippen LogP contribution in [0.15, 0.2) is 24.3 Å². The van der Waals surface area contributed by atoms with Gasteiger partial charge in [0, 0.05) is 25.8 Å². The molecule has 0 bridgehead atoms. The zero-order valence-corrected chi connectivity index (χ0v) is 12.4. The highest BCUT2D eigenvalue weighted by atomic mass is 16.5. The molecule has 1 aliphatic rings. The largest absolute Gasteiger partial charge is 0.377 e. The first kappa shape index (κ1) is 15.0. The molecular weight excluding hydrogens is 252 g/mol. The van der Waals surface area contributed by atoms with Gasteiger partial charge in [0.1, 0.15) is 0 Å². The van der Waals surface area contributed by atoms with E-state index in [0.29, 0.717) is 13.1 Å². The molecule has 0 spiro atoms. The molecule has 0 aromatic heterocycles. The smallest absolute Gasteiger partial charge is 0.253 e. The monoisotopic (exact) mass is 276 g/mol. The summed E-state index contributed by atoms with van der Waals surface area (Å²) in [6.07, 6.45) is 2.84. The minimum absolute atomic E-state index is 0.0901. The minimum Gasteiger partial charge on any atom is -0.377 e. The number of ether oxygens (including phenoxy) is 1. The number of hydrogen-bond acceptors (Lipinski definition) is 3. The van der Waals surface area contributed by atoms with Gasteiger partial charge in [-0.2, -0.15) is 0 Å². The Labute approximate surface area is 120 Å². The van der Waals surface area contributed by atoms with Gasteiger partial charge in [-0.15, -0.1) is 0 Å². The SMILES string of the molecule is COC1(C)CCCN(C(=O)c2ccc(CCN)cc2)C1. The molecule has 4 nitrogen and oxygen atoms in total. The first-order chi connectivity index (χ1) is 9.58. The van der Waals surface area contributed by atoms with Crippen LogP contribution in [0.5, 0.6) is 0 Å². The second-order valence-electron chi connectivity index (χ2n) is 5.72.